The summed E-state index contributed by atoms with van der Waals surface area (Å²) in [6, 6.07) is 19.3. The molecule has 0 aliphatic rings. The van der Waals surface area contributed by atoms with Crippen molar-refractivity contribution in [2.75, 3.05) is 0 Å². The SMILES string of the molecule is Cc1ccccc1[PH](C(C)C)(C(C)C)C(C)C.[Ru][CH]=Cc1ccccc1. The molecule has 0 atom stereocenters. The Balaban J connectivity index is 0.000000314. The summed E-state index contributed by atoms with van der Waals surface area (Å²) in [6.45, 7) is 16.9. The van der Waals surface area contributed by atoms with Crippen molar-refractivity contribution in [3.05, 3.63) is 70.4 Å². The minimum absolute atomic E-state index is 0.795. The molecule has 0 heterocycles. The molecule has 0 saturated heterocycles. The number of rotatable bonds is 5. The molecule has 2 rings (SSSR count). The van der Waals surface area contributed by atoms with E-state index in [4.69, 9.17) is 0 Å². The predicted octanol–water partition coefficient (Wildman–Crippen LogP) is 6.80. The molecule has 0 fully saturated rings. The molecular formula is C24H36PRu. The summed E-state index contributed by atoms with van der Waals surface area (Å²) in [5.41, 5.74) is 5.13. The van der Waals surface area contributed by atoms with Gasteiger partial charge < -0.3 is 0 Å². The number of hydrogen-bond donors (Lipinski definition) is 0. The molecule has 0 unspecified atom stereocenters. The fourth-order valence-corrected chi connectivity index (χ4v) is 12.0. The van der Waals surface area contributed by atoms with Gasteiger partial charge in [0.05, 0.1) is 0 Å². The van der Waals surface area contributed by atoms with E-state index in [0.29, 0.717) is 0 Å². The van der Waals surface area contributed by atoms with Gasteiger partial charge >= 0.3 is 173 Å². The van der Waals surface area contributed by atoms with Gasteiger partial charge in [-0.3, -0.25) is 0 Å². The Labute approximate surface area is 172 Å². The standard InChI is InChI=1S/C16H29P.C8H7.Ru/c1-12(2)17(13(3)4,14(5)6)16-11-9-8-10-15(16)7;1-2-8-6-4-3-5-7-8;/h8-14,17H,1-7H3;1-7H;. The normalized spacial score (nSPS) is 12.6. The van der Waals surface area contributed by atoms with E-state index in [1.165, 1.54) is 11.1 Å². The summed E-state index contributed by atoms with van der Waals surface area (Å²) >= 11 is 2.46. The number of aryl methyl sites for hydroxylation is 1. The van der Waals surface area contributed by atoms with Gasteiger partial charge in [-0.1, -0.05) is 0 Å². The zero-order valence-corrected chi connectivity index (χ0v) is 20.2. The summed E-state index contributed by atoms with van der Waals surface area (Å²) in [5, 5.41) is 1.68. The zero-order chi connectivity index (χ0) is 19.7. The van der Waals surface area contributed by atoms with Gasteiger partial charge in [-0.05, 0) is 0 Å². The monoisotopic (exact) mass is 457 g/mol. The van der Waals surface area contributed by atoms with Crippen molar-refractivity contribution < 1.29 is 18.3 Å². The van der Waals surface area contributed by atoms with Crippen LogP contribution in [-0.2, 0) is 18.3 Å². The van der Waals surface area contributed by atoms with Gasteiger partial charge in [-0.15, -0.1) is 0 Å². The molecule has 0 bridgehead atoms. The van der Waals surface area contributed by atoms with Crippen LogP contribution in [0.4, 0.5) is 0 Å². The first-order chi connectivity index (χ1) is 12.3. The van der Waals surface area contributed by atoms with Crippen LogP contribution in [0.3, 0.4) is 0 Å². The Morgan fingerprint density at radius 3 is 1.62 bits per heavy atom. The topological polar surface area (TPSA) is 0 Å². The minimum atomic E-state index is -1.45. The van der Waals surface area contributed by atoms with E-state index in [1.807, 2.05) is 22.9 Å². The quantitative estimate of drug-likeness (QED) is 0.343. The van der Waals surface area contributed by atoms with Crippen molar-refractivity contribution in [3.63, 3.8) is 0 Å². The van der Waals surface area contributed by atoms with Gasteiger partial charge in [0.1, 0.15) is 0 Å². The number of benzene rings is 2. The molecule has 0 aliphatic heterocycles. The van der Waals surface area contributed by atoms with Gasteiger partial charge in [0.25, 0.3) is 0 Å². The Kier molecular flexibility index (Phi) is 9.99. The van der Waals surface area contributed by atoms with E-state index in [9.17, 15) is 0 Å². The summed E-state index contributed by atoms with van der Waals surface area (Å²) in [7, 11) is -1.45. The molecule has 2 aromatic rings. The van der Waals surface area contributed by atoms with Crippen molar-refractivity contribution in [2.24, 2.45) is 0 Å². The average molecular weight is 457 g/mol. The second-order valence-electron chi connectivity index (χ2n) is 7.91. The maximum absolute atomic E-state index is 2.46. The molecule has 145 valence electrons. The third kappa shape index (κ3) is 5.61. The molecule has 0 radical (unpaired) electrons. The van der Waals surface area contributed by atoms with Gasteiger partial charge in [-0.25, -0.2) is 0 Å². The molecule has 0 N–H and O–H groups in total. The van der Waals surface area contributed by atoms with E-state index in [-0.39, 0.29) is 0 Å². The summed E-state index contributed by atoms with van der Waals surface area (Å²) in [6.07, 6.45) is 2.05. The third-order valence-electron chi connectivity index (χ3n) is 5.53. The van der Waals surface area contributed by atoms with Crippen LogP contribution in [-0.4, -0.2) is 17.0 Å². The molecule has 0 saturated carbocycles. The van der Waals surface area contributed by atoms with Crippen LogP contribution in [0.15, 0.2) is 59.3 Å². The first-order valence-electron chi connectivity index (χ1n) is 9.64. The molecule has 2 aromatic carbocycles. The van der Waals surface area contributed by atoms with Crippen LogP contribution in [0.2, 0.25) is 0 Å². The van der Waals surface area contributed by atoms with Crippen molar-refractivity contribution in [2.45, 2.75) is 65.4 Å². The Morgan fingerprint density at radius 1 is 0.731 bits per heavy atom. The molecule has 0 aromatic heterocycles. The van der Waals surface area contributed by atoms with Gasteiger partial charge in [0.15, 0.2) is 0 Å². The van der Waals surface area contributed by atoms with Crippen LogP contribution in [0.1, 0.15) is 52.7 Å². The van der Waals surface area contributed by atoms with Crippen molar-refractivity contribution in [1.82, 2.24) is 0 Å². The molecule has 2 heteroatoms. The number of hydrogen-bond acceptors (Lipinski definition) is 0. The molecular weight excluding hydrogens is 420 g/mol. The average Bonchev–Trinajstić information content (AvgIpc) is 2.58. The van der Waals surface area contributed by atoms with Gasteiger partial charge in [0, 0.05) is 0 Å². The van der Waals surface area contributed by atoms with E-state index >= 15 is 0 Å². The second kappa shape index (κ2) is 11.2. The summed E-state index contributed by atoms with van der Waals surface area (Å²) < 4.78 is 1.97. The van der Waals surface area contributed by atoms with E-state index < -0.39 is 7.26 Å². The van der Waals surface area contributed by atoms with Crippen molar-refractivity contribution in [1.29, 1.82) is 0 Å². The Morgan fingerprint density at radius 2 is 1.19 bits per heavy atom. The Bertz CT molecular complexity index is 650. The van der Waals surface area contributed by atoms with E-state index in [1.54, 1.807) is 5.30 Å². The van der Waals surface area contributed by atoms with Gasteiger partial charge in [0.2, 0.25) is 0 Å². The first-order valence-corrected chi connectivity index (χ1v) is 12.9. The third-order valence-corrected chi connectivity index (χ3v) is 13.0. The van der Waals surface area contributed by atoms with Crippen LogP contribution < -0.4 is 5.30 Å². The summed E-state index contributed by atoms with van der Waals surface area (Å²) in [5.74, 6) is 0. The fourth-order valence-electron chi connectivity index (χ4n) is 4.62. The van der Waals surface area contributed by atoms with Crippen LogP contribution in [0.5, 0.6) is 0 Å². The molecule has 0 amide bonds. The van der Waals surface area contributed by atoms with E-state index in [0.717, 1.165) is 17.0 Å². The van der Waals surface area contributed by atoms with Gasteiger partial charge in [-0.2, -0.15) is 0 Å². The predicted molar refractivity (Wildman–Crippen MR) is 120 cm³/mol. The molecule has 26 heavy (non-hydrogen) atoms. The second-order valence-corrected chi connectivity index (χ2v) is 14.4. The maximum atomic E-state index is 2.46. The van der Waals surface area contributed by atoms with E-state index in [2.05, 4.69) is 109 Å². The van der Waals surface area contributed by atoms with Crippen molar-refractivity contribution >= 4 is 18.6 Å². The zero-order valence-electron chi connectivity index (χ0n) is 17.4. The van der Waals surface area contributed by atoms with Crippen molar-refractivity contribution in [3.8, 4) is 0 Å². The van der Waals surface area contributed by atoms with Crippen LogP contribution >= 0.6 is 7.26 Å². The Hall–Kier alpha value is -0.767. The summed E-state index contributed by atoms with van der Waals surface area (Å²) in [4.78, 5) is 0. The molecule has 0 aliphatic carbocycles. The molecule has 0 nitrogen and oxygen atoms in total. The van der Waals surface area contributed by atoms with Crippen LogP contribution in [0.25, 0.3) is 6.08 Å². The van der Waals surface area contributed by atoms with Crippen LogP contribution in [0, 0.1) is 6.92 Å². The first kappa shape index (κ1) is 23.3. The fraction of sp³-hybridized carbons (Fsp3) is 0.417. The molecule has 0 spiro atoms.